The summed E-state index contributed by atoms with van der Waals surface area (Å²) in [5.74, 6) is 0. The molecular formula is C12H16Cl2N2O3S. The molecule has 0 aromatic heterocycles. The van der Waals surface area contributed by atoms with Crippen molar-refractivity contribution in [3.63, 3.8) is 0 Å². The molecule has 2 rings (SSSR count). The van der Waals surface area contributed by atoms with Gasteiger partial charge in [-0.3, -0.25) is 0 Å². The minimum atomic E-state index is -3.33. The lowest BCUT2D eigenvalue weighted by Crippen LogP contribution is -2.44. The van der Waals surface area contributed by atoms with Crippen LogP contribution in [0.25, 0.3) is 0 Å². The average molecular weight is 339 g/mol. The van der Waals surface area contributed by atoms with Gasteiger partial charge in [0.1, 0.15) is 6.10 Å². The lowest BCUT2D eigenvalue weighted by atomic mass is 10.0. The second-order valence-electron chi connectivity index (χ2n) is 4.67. The zero-order chi connectivity index (χ0) is 14.8. The fourth-order valence-electron chi connectivity index (χ4n) is 2.14. The molecule has 1 aliphatic rings. The molecule has 5 nitrogen and oxygen atoms in total. The van der Waals surface area contributed by atoms with Crippen LogP contribution in [0.3, 0.4) is 0 Å². The van der Waals surface area contributed by atoms with E-state index in [9.17, 15) is 8.42 Å². The first-order valence-electron chi connectivity index (χ1n) is 6.11. The normalized spacial score (nSPS) is 24.4. The average Bonchev–Trinajstić information content (AvgIpc) is 2.56. The topological polar surface area (TPSA) is 67.4 Å². The molecule has 0 saturated carbocycles. The van der Waals surface area contributed by atoms with E-state index in [1.807, 2.05) is 0 Å². The van der Waals surface area contributed by atoms with Gasteiger partial charge in [-0.1, -0.05) is 29.3 Å². The number of benzene rings is 1. The van der Waals surface area contributed by atoms with Crippen LogP contribution < -0.4 is 10.0 Å². The zero-order valence-electron chi connectivity index (χ0n) is 10.9. The molecule has 1 fully saturated rings. The van der Waals surface area contributed by atoms with Gasteiger partial charge >= 0.3 is 0 Å². The molecule has 20 heavy (non-hydrogen) atoms. The van der Waals surface area contributed by atoms with Crippen molar-refractivity contribution in [2.75, 3.05) is 26.0 Å². The summed E-state index contributed by atoms with van der Waals surface area (Å²) in [6, 6.07) is 4.78. The standard InChI is InChI=1S/C12H16Cl2N2O3S/c1-20(17,18)16-11-7-15-4-5-19-12(11)8-2-3-9(13)10(14)6-8/h2-3,6,11-12,15-16H,4-5,7H2,1H3. The van der Waals surface area contributed by atoms with Crippen LogP contribution >= 0.6 is 23.2 Å². The molecule has 8 heteroatoms. The molecule has 1 saturated heterocycles. The van der Waals surface area contributed by atoms with Gasteiger partial charge in [-0.15, -0.1) is 0 Å². The lowest BCUT2D eigenvalue weighted by molar-refractivity contribution is 0.0494. The number of hydrogen-bond acceptors (Lipinski definition) is 4. The summed E-state index contributed by atoms with van der Waals surface area (Å²) in [5.41, 5.74) is 0.796. The Labute approximate surface area is 128 Å². The fourth-order valence-corrected chi connectivity index (χ4v) is 3.20. The smallest absolute Gasteiger partial charge is 0.209 e. The fraction of sp³-hybridized carbons (Fsp3) is 0.500. The van der Waals surface area contributed by atoms with E-state index in [0.717, 1.165) is 11.8 Å². The number of rotatable bonds is 3. The molecule has 0 spiro atoms. The van der Waals surface area contributed by atoms with Gasteiger partial charge in [-0.05, 0) is 17.7 Å². The van der Waals surface area contributed by atoms with Crippen molar-refractivity contribution >= 4 is 33.2 Å². The van der Waals surface area contributed by atoms with E-state index < -0.39 is 22.2 Å². The van der Waals surface area contributed by atoms with Crippen LogP contribution in [0.2, 0.25) is 10.0 Å². The van der Waals surface area contributed by atoms with Gasteiger partial charge in [-0.2, -0.15) is 0 Å². The van der Waals surface area contributed by atoms with Gasteiger partial charge in [0.2, 0.25) is 10.0 Å². The quantitative estimate of drug-likeness (QED) is 0.877. The summed E-state index contributed by atoms with van der Waals surface area (Å²) < 4.78 is 31.3. The Morgan fingerprint density at radius 1 is 1.35 bits per heavy atom. The summed E-state index contributed by atoms with van der Waals surface area (Å²) in [5, 5.41) is 4.01. The molecule has 1 aromatic rings. The van der Waals surface area contributed by atoms with E-state index >= 15 is 0 Å². The van der Waals surface area contributed by atoms with Gasteiger partial charge < -0.3 is 10.1 Å². The molecule has 1 heterocycles. The second-order valence-corrected chi connectivity index (χ2v) is 7.26. The van der Waals surface area contributed by atoms with E-state index in [0.29, 0.717) is 29.7 Å². The summed E-state index contributed by atoms with van der Waals surface area (Å²) in [7, 11) is -3.33. The molecule has 112 valence electrons. The Kier molecular flexibility index (Phi) is 5.28. The highest BCUT2D eigenvalue weighted by Crippen LogP contribution is 2.29. The van der Waals surface area contributed by atoms with Gasteiger partial charge in [0.15, 0.2) is 0 Å². The first kappa shape index (κ1) is 16.0. The van der Waals surface area contributed by atoms with Crippen LogP contribution in [0, 0.1) is 0 Å². The van der Waals surface area contributed by atoms with Gasteiger partial charge in [0.05, 0.1) is 28.9 Å². The Balaban J connectivity index is 2.29. The molecular weight excluding hydrogens is 323 g/mol. The highest BCUT2D eigenvalue weighted by atomic mass is 35.5. The van der Waals surface area contributed by atoms with Crippen molar-refractivity contribution in [3.8, 4) is 0 Å². The Bertz CT molecular complexity index is 580. The van der Waals surface area contributed by atoms with Crippen LogP contribution in [0.15, 0.2) is 18.2 Å². The predicted octanol–water partition coefficient (Wildman–Crippen LogP) is 1.57. The number of nitrogens with one attached hydrogen (secondary N) is 2. The van der Waals surface area contributed by atoms with Gasteiger partial charge in [0.25, 0.3) is 0 Å². The van der Waals surface area contributed by atoms with Crippen molar-refractivity contribution in [1.82, 2.24) is 10.0 Å². The maximum absolute atomic E-state index is 11.5. The summed E-state index contributed by atoms with van der Waals surface area (Å²) in [6.45, 7) is 1.64. The first-order chi connectivity index (χ1) is 9.37. The van der Waals surface area contributed by atoms with Crippen molar-refractivity contribution < 1.29 is 13.2 Å². The monoisotopic (exact) mass is 338 g/mol. The van der Waals surface area contributed by atoms with Crippen molar-refractivity contribution in [2.45, 2.75) is 12.1 Å². The maximum Gasteiger partial charge on any atom is 0.209 e. The zero-order valence-corrected chi connectivity index (χ0v) is 13.2. The second kappa shape index (κ2) is 6.60. The Morgan fingerprint density at radius 2 is 2.10 bits per heavy atom. The molecule has 1 aromatic carbocycles. The van der Waals surface area contributed by atoms with Crippen LogP contribution in [0.1, 0.15) is 11.7 Å². The highest BCUT2D eigenvalue weighted by molar-refractivity contribution is 7.88. The van der Waals surface area contributed by atoms with E-state index in [4.69, 9.17) is 27.9 Å². The van der Waals surface area contributed by atoms with E-state index in [-0.39, 0.29) is 0 Å². The molecule has 2 unspecified atom stereocenters. The molecule has 0 amide bonds. The molecule has 0 bridgehead atoms. The van der Waals surface area contributed by atoms with E-state index in [2.05, 4.69) is 10.0 Å². The summed E-state index contributed by atoms with van der Waals surface area (Å²) in [4.78, 5) is 0. The Morgan fingerprint density at radius 3 is 2.75 bits per heavy atom. The molecule has 2 atom stereocenters. The van der Waals surface area contributed by atoms with Gasteiger partial charge in [-0.25, -0.2) is 13.1 Å². The lowest BCUT2D eigenvalue weighted by Gasteiger charge is -2.25. The number of hydrogen-bond donors (Lipinski definition) is 2. The third-order valence-electron chi connectivity index (χ3n) is 2.94. The third kappa shape index (κ3) is 4.31. The summed E-state index contributed by atoms with van der Waals surface area (Å²) in [6.07, 6.45) is 0.721. The highest BCUT2D eigenvalue weighted by Gasteiger charge is 2.28. The largest absolute Gasteiger partial charge is 0.370 e. The van der Waals surface area contributed by atoms with E-state index in [1.165, 1.54) is 0 Å². The minimum Gasteiger partial charge on any atom is -0.370 e. The molecule has 0 radical (unpaired) electrons. The van der Waals surface area contributed by atoms with Crippen LogP contribution in [0.5, 0.6) is 0 Å². The van der Waals surface area contributed by atoms with Crippen LogP contribution in [-0.4, -0.2) is 40.4 Å². The van der Waals surface area contributed by atoms with Crippen LogP contribution in [-0.2, 0) is 14.8 Å². The number of ether oxygens (including phenoxy) is 1. The third-order valence-corrected chi connectivity index (χ3v) is 4.41. The number of sulfonamides is 1. The maximum atomic E-state index is 11.5. The van der Waals surface area contributed by atoms with Crippen molar-refractivity contribution in [1.29, 1.82) is 0 Å². The predicted molar refractivity (Wildman–Crippen MR) is 79.8 cm³/mol. The molecule has 2 N–H and O–H groups in total. The van der Waals surface area contributed by atoms with E-state index in [1.54, 1.807) is 18.2 Å². The van der Waals surface area contributed by atoms with Crippen molar-refractivity contribution in [3.05, 3.63) is 33.8 Å². The number of halogens is 2. The minimum absolute atomic E-state index is 0.398. The molecule has 1 aliphatic heterocycles. The summed E-state index contributed by atoms with van der Waals surface area (Å²) >= 11 is 11.9. The van der Waals surface area contributed by atoms with Crippen LogP contribution in [0.4, 0.5) is 0 Å². The SMILES string of the molecule is CS(=O)(=O)NC1CNCCOC1c1ccc(Cl)c(Cl)c1. The first-order valence-corrected chi connectivity index (χ1v) is 8.76. The Hall–Kier alpha value is -0.370. The van der Waals surface area contributed by atoms with Crippen molar-refractivity contribution in [2.24, 2.45) is 0 Å². The molecule has 0 aliphatic carbocycles. The van der Waals surface area contributed by atoms with Gasteiger partial charge in [0, 0.05) is 13.1 Å².